The van der Waals surface area contributed by atoms with Crippen LogP contribution in [0.15, 0.2) is 18.3 Å². The van der Waals surface area contributed by atoms with Gasteiger partial charge in [-0.15, -0.1) is 0 Å². The highest BCUT2D eigenvalue weighted by Gasteiger charge is 2.28. The summed E-state index contributed by atoms with van der Waals surface area (Å²) < 4.78 is 40.1. The molecule has 0 aliphatic carbocycles. The van der Waals surface area contributed by atoms with Gasteiger partial charge in [0.15, 0.2) is 6.61 Å². The van der Waals surface area contributed by atoms with Crippen molar-refractivity contribution in [1.82, 2.24) is 4.98 Å². The van der Waals surface area contributed by atoms with Crippen molar-refractivity contribution in [2.24, 2.45) is 5.73 Å². The highest BCUT2D eigenvalue weighted by atomic mass is 19.4. The monoisotopic (exact) mass is 277 g/mol. The lowest BCUT2D eigenvalue weighted by Gasteiger charge is -2.11. The molecule has 3 N–H and O–H groups in total. The topological polar surface area (TPSA) is 77.2 Å². The van der Waals surface area contributed by atoms with Crippen molar-refractivity contribution in [3.8, 4) is 5.88 Å². The first-order chi connectivity index (χ1) is 8.81. The Hall–Kier alpha value is -1.83. The molecular formula is C11H14F3N3O2. The van der Waals surface area contributed by atoms with Gasteiger partial charge in [-0.1, -0.05) is 6.92 Å². The summed E-state index contributed by atoms with van der Waals surface area (Å²) in [7, 11) is 0. The Bertz CT molecular complexity index is 420. The van der Waals surface area contributed by atoms with Gasteiger partial charge >= 0.3 is 6.18 Å². The molecule has 0 aliphatic rings. The SMILES string of the molecule is CC[C@@H](N)C(=O)Nc1ccc(OCC(F)(F)F)nc1. The lowest BCUT2D eigenvalue weighted by atomic mass is 10.2. The van der Waals surface area contributed by atoms with Gasteiger partial charge in [0.05, 0.1) is 17.9 Å². The van der Waals surface area contributed by atoms with Crippen LogP contribution in [0.1, 0.15) is 13.3 Å². The number of ether oxygens (including phenoxy) is 1. The average Bonchev–Trinajstić information content (AvgIpc) is 2.36. The van der Waals surface area contributed by atoms with Crippen molar-refractivity contribution in [3.05, 3.63) is 18.3 Å². The number of carbonyl (C=O) groups excluding carboxylic acids is 1. The van der Waals surface area contributed by atoms with Crippen molar-refractivity contribution < 1.29 is 22.7 Å². The third-order valence-electron chi connectivity index (χ3n) is 2.16. The quantitative estimate of drug-likeness (QED) is 0.858. The maximum absolute atomic E-state index is 11.9. The Morgan fingerprint density at radius 1 is 1.53 bits per heavy atom. The van der Waals surface area contributed by atoms with E-state index in [4.69, 9.17) is 5.73 Å². The molecule has 5 nitrogen and oxygen atoms in total. The molecule has 19 heavy (non-hydrogen) atoms. The molecule has 0 spiro atoms. The second-order valence-corrected chi connectivity index (χ2v) is 3.79. The first-order valence-electron chi connectivity index (χ1n) is 5.54. The summed E-state index contributed by atoms with van der Waals surface area (Å²) in [5, 5.41) is 2.49. The van der Waals surface area contributed by atoms with E-state index >= 15 is 0 Å². The number of hydrogen-bond donors (Lipinski definition) is 2. The van der Waals surface area contributed by atoms with Crippen LogP contribution in [0.2, 0.25) is 0 Å². The molecule has 0 fully saturated rings. The molecule has 0 saturated heterocycles. The summed E-state index contributed by atoms with van der Waals surface area (Å²) >= 11 is 0. The van der Waals surface area contributed by atoms with E-state index in [9.17, 15) is 18.0 Å². The largest absolute Gasteiger partial charge is 0.468 e. The number of pyridine rings is 1. The summed E-state index contributed by atoms with van der Waals surface area (Å²) in [6.45, 7) is 0.350. The van der Waals surface area contributed by atoms with Gasteiger partial charge in [0.25, 0.3) is 0 Å². The molecule has 1 atom stereocenters. The van der Waals surface area contributed by atoms with E-state index in [1.807, 2.05) is 0 Å². The minimum atomic E-state index is -4.41. The Morgan fingerprint density at radius 2 is 2.21 bits per heavy atom. The van der Waals surface area contributed by atoms with Gasteiger partial charge in [-0.3, -0.25) is 4.79 Å². The zero-order valence-electron chi connectivity index (χ0n) is 10.2. The molecule has 0 saturated carbocycles. The highest BCUT2D eigenvalue weighted by molar-refractivity contribution is 5.94. The maximum Gasteiger partial charge on any atom is 0.422 e. The number of alkyl halides is 3. The summed E-state index contributed by atoms with van der Waals surface area (Å²) in [6, 6.07) is 1.99. The number of hydrogen-bond acceptors (Lipinski definition) is 4. The van der Waals surface area contributed by atoms with E-state index in [1.165, 1.54) is 18.3 Å². The van der Waals surface area contributed by atoms with Crippen LogP contribution >= 0.6 is 0 Å². The second-order valence-electron chi connectivity index (χ2n) is 3.79. The van der Waals surface area contributed by atoms with E-state index in [-0.39, 0.29) is 11.8 Å². The number of nitrogens with one attached hydrogen (secondary N) is 1. The van der Waals surface area contributed by atoms with Crippen LogP contribution in [0.3, 0.4) is 0 Å². The number of halogens is 3. The lowest BCUT2D eigenvalue weighted by Crippen LogP contribution is -2.34. The molecule has 1 aromatic rings. The fourth-order valence-corrected chi connectivity index (χ4v) is 1.12. The van der Waals surface area contributed by atoms with Crippen LogP contribution < -0.4 is 15.8 Å². The first kappa shape index (κ1) is 15.2. The van der Waals surface area contributed by atoms with Gasteiger partial charge in [-0.2, -0.15) is 13.2 Å². The Labute approximate surface area is 108 Å². The van der Waals surface area contributed by atoms with Crippen molar-refractivity contribution >= 4 is 11.6 Å². The lowest BCUT2D eigenvalue weighted by molar-refractivity contribution is -0.154. The van der Waals surface area contributed by atoms with Crippen molar-refractivity contribution in [3.63, 3.8) is 0 Å². The van der Waals surface area contributed by atoms with Crippen LogP contribution in [0.5, 0.6) is 5.88 Å². The molecular weight excluding hydrogens is 263 g/mol. The average molecular weight is 277 g/mol. The first-order valence-corrected chi connectivity index (χ1v) is 5.54. The Kier molecular flexibility index (Phi) is 5.11. The van der Waals surface area contributed by atoms with Crippen LogP contribution in [0, 0.1) is 0 Å². The third kappa shape index (κ3) is 5.56. The molecule has 0 aliphatic heterocycles. The van der Waals surface area contributed by atoms with Gasteiger partial charge in [0, 0.05) is 6.07 Å². The van der Waals surface area contributed by atoms with Crippen LogP contribution in [0.25, 0.3) is 0 Å². The van der Waals surface area contributed by atoms with Gasteiger partial charge < -0.3 is 15.8 Å². The fourth-order valence-electron chi connectivity index (χ4n) is 1.12. The maximum atomic E-state index is 11.9. The Balaban J connectivity index is 2.54. The zero-order valence-corrected chi connectivity index (χ0v) is 10.2. The van der Waals surface area contributed by atoms with Gasteiger partial charge in [-0.25, -0.2) is 4.98 Å². The second kappa shape index (κ2) is 6.37. The molecule has 1 amide bonds. The summed E-state index contributed by atoms with van der Waals surface area (Å²) in [5.41, 5.74) is 5.85. The van der Waals surface area contributed by atoms with Gasteiger partial charge in [0.1, 0.15) is 0 Å². The number of nitrogens with two attached hydrogens (primary N) is 1. The summed E-state index contributed by atoms with van der Waals surface area (Å²) in [4.78, 5) is 15.1. The van der Waals surface area contributed by atoms with E-state index in [2.05, 4.69) is 15.0 Å². The highest BCUT2D eigenvalue weighted by Crippen LogP contribution is 2.18. The van der Waals surface area contributed by atoms with E-state index < -0.39 is 18.8 Å². The van der Waals surface area contributed by atoms with Crippen molar-refractivity contribution in [2.45, 2.75) is 25.6 Å². The molecule has 1 heterocycles. The predicted octanol–water partition coefficient (Wildman–Crippen LogP) is 1.70. The van der Waals surface area contributed by atoms with E-state index in [0.717, 1.165) is 0 Å². The number of nitrogens with zero attached hydrogens (tertiary/aromatic N) is 1. The summed E-state index contributed by atoms with van der Waals surface area (Å²) in [5.74, 6) is -0.552. The predicted molar refractivity (Wildman–Crippen MR) is 62.7 cm³/mol. The van der Waals surface area contributed by atoms with Crippen LogP contribution in [0.4, 0.5) is 18.9 Å². The molecule has 1 aromatic heterocycles. The minimum absolute atomic E-state index is 0.171. The molecule has 0 aromatic carbocycles. The molecule has 0 unspecified atom stereocenters. The number of carbonyl (C=O) groups is 1. The van der Waals surface area contributed by atoms with E-state index in [1.54, 1.807) is 6.92 Å². The van der Waals surface area contributed by atoms with Crippen LogP contribution in [-0.4, -0.2) is 29.7 Å². The smallest absolute Gasteiger partial charge is 0.422 e. The number of aromatic nitrogens is 1. The standard InChI is InChI=1S/C11H14F3N3O2/c1-2-8(15)10(18)17-7-3-4-9(16-5-7)19-6-11(12,13)14/h3-5,8H,2,6,15H2,1H3,(H,17,18)/t8-/m1/s1. The number of rotatable bonds is 5. The number of amides is 1. The van der Waals surface area contributed by atoms with Crippen LogP contribution in [-0.2, 0) is 4.79 Å². The molecule has 8 heteroatoms. The molecule has 1 rings (SSSR count). The normalized spacial score (nSPS) is 12.9. The summed E-state index contributed by atoms with van der Waals surface area (Å²) in [6.07, 6.45) is -2.74. The van der Waals surface area contributed by atoms with Crippen molar-refractivity contribution in [1.29, 1.82) is 0 Å². The molecule has 0 bridgehead atoms. The number of anilines is 1. The minimum Gasteiger partial charge on any atom is -0.468 e. The Morgan fingerprint density at radius 3 is 2.68 bits per heavy atom. The van der Waals surface area contributed by atoms with Crippen molar-refractivity contribution in [2.75, 3.05) is 11.9 Å². The molecule has 0 radical (unpaired) electrons. The van der Waals surface area contributed by atoms with Gasteiger partial charge in [0.2, 0.25) is 11.8 Å². The fraction of sp³-hybridized carbons (Fsp3) is 0.455. The zero-order chi connectivity index (χ0) is 14.5. The van der Waals surface area contributed by atoms with E-state index in [0.29, 0.717) is 12.1 Å². The van der Waals surface area contributed by atoms with Gasteiger partial charge in [-0.05, 0) is 12.5 Å². The molecule has 106 valence electrons. The third-order valence-corrected chi connectivity index (χ3v) is 2.16.